The van der Waals surface area contributed by atoms with Crippen LogP contribution >= 0.6 is 0 Å². The zero-order valence-corrected chi connectivity index (χ0v) is 10.9. The number of carbonyl (C=O) groups excluding carboxylic acids is 1. The van der Waals surface area contributed by atoms with Crippen molar-refractivity contribution in [2.45, 2.75) is 24.8 Å². The largest absolute Gasteiger partial charge is 0.468 e. The maximum atomic E-state index is 11.5. The van der Waals surface area contributed by atoms with Crippen LogP contribution in [0.5, 0.6) is 0 Å². The summed E-state index contributed by atoms with van der Waals surface area (Å²) in [5.41, 5.74) is 8.56. The summed E-state index contributed by atoms with van der Waals surface area (Å²) < 4.78 is 4.71. The Labute approximate surface area is 112 Å². The topological polar surface area (TPSA) is 52.3 Å². The van der Waals surface area contributed by atoms with Gasteiger partial charge in [-0.05, 0) is 40.7 Å². The third kappa shape index (κ3) is 2.00. The van der Waals surface area contributed by atoms with Crippen LogP contribution in [0.3, 0.4) is 0 Å². The van der Waals surface area contributed by atoms with Crippen LogP contribution in [-0.4, -0.2) is 19.1 Å². The molecule has 3 heteroatoms. The first-order chi connectivity index (χ1) is 9.20. The van der Waals surface area contributed by atoms with Gasteiger partial charge in [0.15, 0.2) is 0 Å². The molecular formula is C16H17NO2. The van der Waals surface area contributed by atoms with E-state index in [1.54, 1.807) is 0 Å². The zero-order chi connectivity index (χ0) is 13.4. The maximum absolute atomic E-state index is 11.5. The highest BCUT2D eigenvalue weighted by Gasteiger charge is 2.28. The molecule has 2 atom stereocenters. The summed E-state index contributed by atoms with van der Waals surface area (Å²) in [5, 5.41) is 2.61. The summed E-state index contributed by atoms with van der Waals surface area (Å²) >= 11 is 0. The van der Waals surface area contributed by atoms with E-state index in [0.717, 1.165) is 6.42 Å². The quantitative estimate of drug-likeness (QED) is 0.857. The van der Waals surface area contributed by atoms with E-state index in [4.69, 9.17) is 10.5 Å². The van der Waals surface area contributed by atoms with Crippen molar-refractivity contribution in [2.75, 3.05) is 7.11 Å². The highest BCUT2D eigenvalue weighted by Crippen LogP contribution is 2.40. The van der Waals surface area contributed by atoms with E-state index in [9.17, 15) is 4.79 Å². The first-order valence-electron chi connectivity index (χ1n) is 6.54. The van der Waals surface area contributed by atoms with Crippen molar-refractivity contribution in [2.24, 2.45) is 5.73 Å². The molecule has 19 heavy (non-hydrogen) atoms. The monoisotopic (exact) mass is 255 g/mol. The van der Waals surface area contributed by atoms with Crippen molar-refractivity contribution in [3.05, 3.63) is 47.5 Å². The predicted molar refractivity (Wildman–Crippen MR) is 75.0 cm³/mol. The van der Waals surface area contributed by atoms with Crippen LogP contribution in [-0.2, 0) is 16.0 Å². The Kier molecular flexibility index (Phi) is 2.99. The van der Waals surface area contributed by atoms with Crippen LogP contribution in [0.25, 0.3) is 10.8 Å². The van der Waals surface area contributed by atoms with Crippen molar-refractivity contribution in [3.63, 3.8) is 0 Å². The van der Waals surface area contributed by atoms with Crippen molar-refractivity contribution >= 4 is 16.7 Å². The van der Waals surface area contributed by atoms with Gasteiger partial charge in [-0.15, -0.1) is 0 Å². The van der Waals surface area contributed by atoms with Gasteiger partial charge in [0, 0.05) is 0 Å². The summed E-state index contributed by atoms with van der Waals surface area (Å²) in [6.45, 7) is 0. The summed E-state index contributed by atoms with van der Waals surface area (Å²) in [4.78, 5) is 11.5. The number of benzene rings is 2. The van der Waals surface area contributed by atoms with Crippen LogP contribution < -0.4 is 5.73 Å². The lowest BCUT2D eigenvalue weighted by atomic mass is 9.93. The number of nitrogens with two attached hydrogens (primary N) is 1. The minimum Gasteiger partial charge on any atom is -0.468 e. The number of hydrogen-bond acceptors (Lipinski definition) is 3. The lowest BCUT2D eigenvalue weighted by Crippen LogP contribution is -2.33. The number of methoxy groups -OCH3 is 1. The van der Waals surface area contributed by atoms with E-state index < -0.39 is 6.04 Å². The predicted octanol–water partition coefficient (Wildman–Crippen LogP) is 2.37. The van der Waals surface area contributed by atoms with E-state index in [2.05, 4.69) is 36.4 Å². The van der Waals surface area contributed by atoms with Crippen LogP contribution in [0.2, 0.25) is 0 Å². The van der Waals surface area contributed by atoms with Crippen LogP contribution in [0, 0.1) is 0 Å². The average molecular weight is 255 g/mol. The normalized spacial score (nSPS) is 18.5. The first kappa shape index (κ1) is 12.2. The van der Waals surface area contributed by atoms with Gasteiger partial charge in [0.2, 0.25) is 0 Å². The molecule has 0 radical (unpaired) electrons. The molecule has 2 aromatic carbocycles. The second-order valence-electron chi connectivity index (χ2n) is 5.13. The standard InChI is InChI=1S/C16H17NO2/c1-19-16(18)14(17)9-12-8-11-6-2-4-10-5-3-7-13(12)15(10)11/h2-7,12,14H,8-9,17H2,1H3. The van der Waals surface area contributed by atoms with Gasteiger partial charge in [-0.25, -0.2) is 0 Å². The van der Waals surface area contributed by atoms with Gasteiger partial charge in [-0.2, -0.15) is 0 Å². The van der Waals surface area contributed by atoms with E-state index in [0.29, 0.717) is 12.3 Å². The highest BCUT2D eigenvalue weighted by molar-refractivity contribution is 5.91. The minimum atomic E-state index is -0.542. The highest BCUT2D eigenvalue weighted by atomic mass is 16.5. The van der Waals surface area contributed by atoms with Gasteiger partial charge >= 0.3 is 5.97 Å². The van der Waals surface area contributed by atoms with Crippen molar-refractivity contribution in [1.82, 2.24) is 0 Å². The maximum Gasteiger partial charge on any atom is 0.322 e. The summed E-state index contributed by atoms with van der Waals surface area (Å²) in [5.74, 6) is -0.0154. The number of rotatable bonds is 3. The molecule has 0 amide bonds. The van der Waals surface area contributed by atoms with Crippen LogP contribution in [0.1, 0.15) is 23.5 Å². The van der Waals surface area contributed by atoms with Gasteiger partial charge in [0.25, 0.3) is 0 Å². The summed E-state index contributed by atoms with van der Waals surface area (Å²) in [6, 6.07) is 12.2. The average Bonchev–Trinajstić information content (AvgIpc) is 2.79. The van der Waals surface area contributed by atoms with E-state index in [1.165, 1.54) is 29.0 Å². The van der Waals surface area contributed by atoms with Crippen LogP contribution in [0.4, 0.5) is 0 Å². The molecule has 0 saturated heterocycles. The van der Waals surface area contributed by atoms with Crippen molar-refractivity contribution < 1.29 is 9.53 Å². The van der Waals surface area contributed by atoms with E-state index in [1.807, 2.05) is 0 Å². The first-order valence-corrected chi connectivity index (χ1v) is 6.54. The SMILES string of the molecule is COC(=O)C(N)CC1Cc2cccc3cccc1c23. The Morgan fingerprint density at radius 2 is 2.11 bits per heavy atom. The lowest BCUT2D eigenvalue weighted by molar-refractivity contribution is -0.142. The van der Waals surface area contributed by atoms with Gasteiger partial charge < -0.3 is 10.5 Å². The second-order valence-corrected chi connectivity index (χ2v) is 5.13. The Morgan fingerprint density at radius 1 is 1.37 bits per heavy atom. The third-order valence-corrected chi connectivity index (χ3v) is 3.97. The third-order valence-electron chi connectivity index (χ3n) is 3.97. The molecule has 1 aliphatic carbocycles. The molecule has 0 aromatic heterocycles. The number of hydrogen-bond donors (Lipinski definition) is 1. The van der Waals surface area contributed by atoms with Gasteiger partial charge in [-0.1, -0.05) is 36.4 Å². The molecule has 98 valence electrons. The summed E-state index contributed by atoms with van der Waals surface area (Å²) in [7, 11) is 1.38. The van der Waals surface area contributed by atoms with Gasteiger partial charge in [0.1, 0.15) is 6.04 Å². The smallest absolute Gasteiger partial charge is 0.322 e. The fourth-order valence-electron chi connectivity index (χ4n) is 3.10. The molecular weight excluding hydrogens is 238 g/mol. The molecule has 2 aromatic rings. The molecule has 0 bridgehead atoms. The number of carbonyl (C=O) groups is 1. The van der Waals surface area contributed by atoms with E-state index >= 15 is 0 Å². The molecule has 1 aliphatic rings. The number of ether oxygens (including phenoxy) is 1. The number of esters is 1. The molecule has 0 spiro atoms. The fraction of sp³-hybridized carbons (Fsp3) is 0.312. The van der Waals surface area contributed by atoms with E-state index in [-0.39, 0.29) is 5.97 Å². The molecule has 0 aliphatic heterocycles. The Balaban J connectivity index is 1.93. The Morgan fingerprint density at radius 3 is 2.84 bits per heavy atom. The minimum absolute atomic E-state index is 0.315. The van der Waals surface area contributed by atoms with Gasteiger partial charge in [-0.3, -0.25) is 4.79 Å². The van der Waals surface area contributed by atoms with Crippen molar-refractivity contribution in [1.29, 1.82) is 0 Å². The Bertz CT molecular complexity index is 630. The molecule has 2 N–H and O–H groups in total. The Hall–Kier alpha value is -1.87. The van der Waals surface area contributed by atoms with Crippen LogP contribution in [0.15, 0.2) is 36.4 Å². The molecule has 0 saturated carbocycles. The lowest BCUT2D eigenvalue weighted by Gasteiger charge is -2.15. The zero-order valence-electron chi connectivity index (χ0n) is 10.9. The summed E-state index contributed by atoms with van der Waals surface area (Å²) in [6.07, 6.45) is 1.60. The second kappa shape index (κ2) is 4.67. The molecule has 0 heterocycles. The molecule has 3 nitrogen and oxygen atoms in total. The molecule has 2 unspecified atom stereocenters. The molecule has 0 fully saturated rings. The van der Waals surface area contributed by atoms with Crippen molar-refractivity contribution in [3.8, 4) is 0 Å². The van der Waals surface area contributed by atoms with Gasteiger partial charge in [0.05, 0.1) is 7.11 Å². The fourth-order valence-corrected chi connectivity index (χ4v) is 3.10. The molecule has 3 rings (SSSR count).